The van der Waals surface area contributed by atoms with Crippen molar-refractivity contribution in [2.24, 2.45) is 4.99 Å². The van der Waals surface area contributed by atoms with Crippen LogP contribution in [0, 0.1) is 0 Å². The molecule has 0 heterocycles. The molecule has 1 fully saturated rings. The van der Waals surface area contributed by atoms with E-state index in [2.05, 4.69) is 20.3 Å². The van der Waals surface area contributed by atoms with Gasteiger partial charge in [-0.05, 0) is 46.0 Å². The second-order valence-electron chi connectivity index (χ2n) is 5.56. The molecule has 0 saturated heterocycles. The smallest absolute Gasteiger partial charge is 0.211 e. The van der Waals surface area contributed by atoms with Crippen LogP contribution in [0.15, 0.2) is 4.99 Å². The van der Waals surface area contributed by atoms with Crippen LogP contribution < -0.4 is 15.4 Å². The third kappa shape index (κ3) is 7.95. The van der Waals surface area contributed by atoms with Crippen LogP contribution >= 0.6 is 0 Å². The SMILES string of the molecule is CCNC(=NCCCNS(=O)(=O)CC)NC1CCC(O)CC1. The number of hydrogen-bond donors (Lipinski definition) is 4. The number of guanidine groups is 1. The minimum atomic E-state index is -3.11. The van der Waals surface area contributed by atoms with Crippen molar-refractivity contribution in [1.82, 2.24) is 15.4 Å². The first-order valence-electron chi connectivity index (χ1n) is 8.17. The molecule has 0 aromatic rings. The molecule has 0 spiro atoms. The summed E-state index contributed by atoms with van der Waals surface area (Å²) < 4.78 is 25.1. The van der Waals surface area contributed by atoms with Crippen LogP contribution in [-0.2, 0) is 10.0 Å². The van der Waals surface area contributed by atoms with Gasteiger partial charge in [-0.25, -0.2) is 13.1 Å². The third-order valence-electron chi connectivity index (χ3n) is 3.69. The van der Waals surface area contributed by atoms with Crippen LogP contribution in [0.5, 0.6) is 0 Å². The number of sulfonamides is 1. The number of aliphatic hydroxyl groups excluding tert-OH is 1. The lowest BCUT2D eigenvalue weighted by Gasteiger charge is -2.27. The Bertz CT molecular complexity index is 431. The van der Waals surface area contributed by atoms with Gasteiger partial charge in [-0.3, -0.25) is 4.99 Å². The molecule has 8 heteroatoms. The standard InChI is InChI=1S/C14H30N4O3S/c1-3-15-14(18-12-6-8-13(19)9-7-12)16-10-5-11-17-22(20,21)4-2/h12-13,17,19H,3-11H2,1-2H3,(H2,15,16,18). The number of aliphatic hydroxyl groups is 1. The Morgan fingerprint density at radius 1 is 1.23 bits per heavy atom. The van der Waals surface area contributed by atoms with Gasteiger partial charge in [-0.15, -0.1) is 0 Å². The van der Waals surface area contributed by atoms with Crippen LogP contribution in [-0.4, -0.2) is 57.0 Å². The molecule has 4 N–H and O–H groups in total. The van der Waals surface area contributed by atoms with Crippen molar-refractivity contribution in [2.45, 2.75) is 58.1 Å². The zero-order valence-corrected chi connectivity index (χ0v) is 14.5. The fourth-order valence-electron chi connectivity index (χ4n) is 2.33. The molecule has 7 nitrogen and oxygen atoms in total. The number of nitrogens with zero attached hydrogens (tertiary/aromatic N) is 1. The maximum Gasteiger partial charge on any atom is 0.211 e. The first kappa shape index (κ1) is 19.2. The predicted octanol–water partition coefficient (Wildman–Crippen LogP) is 0.174. The summed E-state index contributed by atoms with van der Waals surface area (Å²) in [5.41, 5.74) is 0. The van der Waals surface area contributed by atoms with Gasteiger partial charge < -0.3 is 15.7 Å². The molecule has 0 aromatic heterocycles. The molecule has 0 amide bonds. The van der Waals surface area contributed by atoms with E-state index in [4.69, 9.17) is 0 Å². The topological polar surface area (TPSA) is 103 Å². The number of aliphatic imine (C=N–C) groups is 1. The summed E-state index contributed by atoms with van der Waals surface area (Å²) in [5, 5.41) is 16.1. The molecular formula is C14H30N4O3S. The van der Waals surface area contributed by atoms with Gasteiger partial charge >= 0.3 is 0 Å². The molecular weight excluding hydrogens is 304 g/mol. The van der Waals surface area contributed by atoms with Gasteiger partial charge in [0.05, 0.1) is 11.9 Å². The van der Waals surface area contributed by atoms with E-state index in [1.54, 1.807) is 6.92 Å². The molecule has 0 radical (unpaired) electrons. The Hall–Kier alpha value is -0.860. The van der Waals surface area contributed by atoms with Crippen LogP contribution in [0.3, 0.4) is 0 Å². The predicted molar refractivity (Wildman–Crippen MR) is 89.5 cm³/mol. The molecule has 0 aromatic carbocycles. The van der Waals surface area contributed by atoms with E-state index in [0.717, 1.165) is 38.2 Å². The Balaban J connectivity index is 2.32. The van der Waals surface area contributed by atoms with Crippen molar-refractivity contribution in [2.75, 3.05) is 25.4 Å². The summed E-state index contributed by atoms with van der Waals surface area (Å²) in [5.74, 6) is 0.871. The maximum atomic E-state index is 11.3. The summed E-state index contributed by atoms with van der Waals surface area (Å²) >= 11 is 0. The fourth-order valence-corrected chi connectivity index (χ4v) is 2.99. The minimum absolute atomic E-state index is 0.105. The van der Waals surface area contributed by atoms with Crippen LogP contribution in [0.1, 0.15) is 46.0 Å². The highest BCUT2D eigenvalue weighted by Gasteiger charge is 2.19. The Labute approximate surface area is 134 Å². The second-order valence-corrected chi connectivity index (χ2v) is 7.66. The van der Waals surface area contributed by atoms with Crippen LogP contribution in [0.25, 0.3) is 0 Å². The average Bonchev–Trinajstić information content (AvgIpc) is 2.49. The van der Waals surface area contributed by atoms with Crippen molar-refractivity contribution < 1.29 is 13.5 Å². The summed E-state index contributed by atoms with van der Waals surface area (Å²) in [6.07, 6.45) is 4.05. The zero-order chi connectivity index (χ0) is 16.4. The van der Waals surface area contributed by atoms with E-state index < -0.39 is 10.0 Å². The van der Waals surface area contributed by atoms with E-state index in [9.17, 15) is 13.5 Å². The van der Waals surface area contributed by atoms with Gasteiger partial charge in [0.1, 0.15) is 0 Å². The van der Waals surface area contributed by atoms with E-state index in [0.29, 0.717) is 25.6 Å². The number of rotatable bonds is 8. The molecule has 1 saturated carbocycles. The van der Waals surface area contributed by atoms with Crippen molar-refractivity contribution in [3.63, 3.8) is 0 Å². The molecule has 1 aliphatic carbocycles. The molecule has 0 unspecified atom stereocenters. The minimum Gasteiger partial charge on any atom is -0.393 e. The normalized spacial score (nSPS) is 23.3. The van der Waals surface area contributed by atoms with Gasteiger partial charge in [0.25, 0.3) is 0 Å². The van der Waals surface area contributed by atoms with Gasteiger partial charge in [0.15, 0.2) is 5.96 Å². The van der Waals surface area contributed by atoms with E-state index in [-0.39, 0.29) is 11.9 Å². The third-order valence-corrected chi connectivity index (χ3v) is 5.09. The van der Waals surface area contributed by atoms with Gasteiger partial charge in [-0.1, -0.05) is 0 Å². The Morgan fingerprint density at radius 3 is 2.50 bits per heavy atom. The van der Waals surface area contributed by atoms with Crippen LogP contribution in [0.2, 0.25) is 0 Å². The first-order chi connectivity index (χ1) is 10.5. The second kappa shape index (κ2) is 10.0. The molecule has 1 rings (SSSR count). The maximum absolute atomic E-state index is 11.3. The van der Waals surface area contributed by atoms with E-state index in [1.807, 2.05) is 6.92 Å². The van der Waals surface area contributed by atoms with Crippen molar-refractivity contribution in [3.05, 3.63) is 0 Å². The highest BCUT2D eigenvalue weighted by Crippen LogP contribution is 2.18. The largest absolute Gasteiger partial charge is 0.393 e. The van der Waals surface area contributed by atoms with Gasteiger partial charge in [0, 0.05) is 25.7 Å². The van der Waals surface area contributed by atoms with Crippen molar-refractivity contribution >= 4 is 16.0 Å². The van der Waals surface area contributed by atoms with Gasteiger partial charge in [0.2, 0.25) is 10.0 Å². The lowest BCUT2D eigenvalue weighted by Crippen LogP contribution is -2.45. The van der Waals surface area contributed by atoms with Gasteiger partial charge in [-0.2, -0.15) is 0 Å². The quantitative estimate of drug-likeness (QED) is 0.288. The highest BCUT2D eigenvalue weighted by molar-refractivity contribution is 7.89. The first-order valence-corrected chi connectivity index (χ1v) is 9.82. The molecule has 0 aliphatic heterocycles. The van der Waals surface area contributed by atoms with E-state index in [1.165, 1.54) is 0 Å². The van der Waals surface area contributed by atoms with Crippen LogP contribution in [0.4, 0.5) is 0 Å². The summed E-state index contributed by atoms with van der Waals surface area (Å²) in [6, 6.07) is 0.347. The number of hydrogen-bond acceptors (Lipinski definition) is 4. The average molecular weight is 334 g/mol. The Morgan fingerprint density at radius 2 is 1.91 bits per heavy atom. The van der Waals surface area contributed by atoms with Crippen molar-refractivity contribution in [1.29, 1.82) is 0 Å². The summed E-state index contributed by atoms with van der Waals surface area (Å²) in [6.45, 7) is 5.39. The lowest BCUT2D eigenvalue weighted by atomic mass is 9.93. The molecule has 0 atom stereocenters. The summed E-state index contributed by atoms with van der Waals surface area (Å²) in [4.78, 5) is 4.47. The molecule has 22 heavy (non-hydrogen) atoms. The fraction of sp³-hybridized carbons (Fsp3) is 0.929. The van der Waals surface area contributed by atoms with Crippen molar-refractivity contribution in [3.8, 4) is 0 Å². The highest BCUT2D eigenvalue weighted by atomic mass is 32.2. The van der Waals surface area contributed by atoms with E-state index >= 15 is 0 Å². The monoisotopic (exact) mass is 334 g/mol. The zero-order valence-electron chi connectivity index (χ0n) is 13.6. The lowest BCUT2D eigenvalue weighted by molar-refractivity contribution is 0.120. The Kier molecular flexibility index (Phi) is 8.74. The summed E-state index contributed by atoms with van der Waals surface area (Å²) in [7, 11) is -3.11. The number of nitrogens with one attached hydrogen (secondary N) is 3. The molecule has 130 valence electrons. The molecule has 1 aliphatic rings. The molecule has 0 bridgehead atoms.